The molecule has 0 spiro atoms. The molecule has 1 aliphatic heterocycles. The lowest BCUT2D eigenvalue weighted by molar-refractivity contribution is -0.136. The maximum Gasteiger partial charge on any atom is 0.225 e. The van der Waals surface area contributed by atoms with Gasteiger partial charge in [0.05, 0.1) is 0 Å². The second-order valence-electron chi connectivity index (χ2n) is 6.01. The van der Waals surface area contributed by atoms with E-state index in [4.69, 9.17) is 0 Å². The Morgan fingerprint density at radius 2 is 1.83 bits per heavy atom. The highest BCUT2D eigenvalue weighted by Gasteiger charge is 2.26. The van der Waals surface area contributed by atoms with E-state index >= 15 is 0 Å². The topological polar surface area (TPSA) is 61.4 Å². The maximum absolute atomic E-state index is 12.5. The van der Waals surface area contributed by atoms with Crippen LogP contribution in [0.4, 0.5) is 11.6 Å². The molecule has 6 nitrogen and oxygen atoms in total. The number of piperazine rings is 1. The summed E-state index contributed by atoms with van der Waals surface area (Å²) < 4.78 is 0. The van der Waals surface area contributed by atoms with E-state index in [-0.39, 0.29) is 5.92 Å². The average Bonchev–Trinajstić information content (AvgIpc) is 2.56. The van der Waals surface area contributed by atoms with Gasteiger partial charge in [-0.25, -0.2) is 9.97 Å². The summed E-state index contributed by atoms with van der Waals surface area (Å²) in [5, 5.41) is 3.24. The molecule has 2 heterocycles. The van der Waals surface area contributed by atoms with E-state index < -0.39 is 0 Å². The van der Waals surface area contributed by atoms with Crippen molar-refractivity contribution in [3.05, 3.63) is 11.9 Å². The fourth-order valence-electron chi connectivity index (χ4n) is 3.04. The zero-order valence-corrected chi connectivity index (χ0v) is 14.8. The molecule has 6 heteroatoms. The van der Waals surface area contributed by atoms with E-state index in [1.54, 1.807) is 0 Å². The fourth-order valence-corrected chi connectivity index (χ4v) is 3.04. The van der Waals surface area contributed by atoms with Crippen molar-refractivity contribution in [1.82, 2.24) is 14.9 Å². The summed E-state index contributed by atoms with van der Waals surface area (Å²) in [6.07, 6.45) is 1.85. The van der Waals surface area contributed by atoms with Crippen molar-refractivity contribution in [3.8, 4) is 0 Å². The Hall–Kier alpha value is -1.85. The Bertz CT molecular complexity index is 522. The van der Waals surface area contributed by atoms with E-state index in [1.165, 1.54) is 0 Å². The Morgan fingerprint density at radius 1 is 1.17 bits per heavy atom. The molecule has 0 aliphatic carbocycles. The minimum Gasteiger partial charge on any atom is -0.370 e. The van der Waals surface area contributed by atoms with E-state index in [1.807, 2.05) is 17.9 Å². The first kappa shape index (κ1) is 17.5. The Labute approximate surface area is 139 Å². The van der Waals surface area contributed by atoms with Crippen LogP contribution in [0, 0.1) is 12.8 Å². The number of aryl methyl sites for hydroxylation is 1. The van der Waals surface area contributed by atoms with Crippen LogP contribution < -0.4 is 10.2 Å². The van der Waals surface area contributed by atoms with Crippen LogP contribution in [-0.2, 0) is 4.79 Å². The molecule has 0 bridgehead atoms. The lowest BCUT2D eigenvalue weighted by Gasteiger charge is -2.37. The van der Waals surface area contributed by atoms with Gasteiger partial charge >= 0.3 is 0 Å². The molecule has 1 fully saturated rings. The van der Waals surface area contributed by atoms with Gasteiger partial charge < -0.3 is 15.1 Å². The molecule has 0 atom stereocenters. The normalized spacial score (nSPS) is 15.2. The summed E-state index contributed by atoms with van der Waals surface area (Å²) in [5.41, 5.74) is 0. The van der Waals surface area contributed by atoms with Crippen molar-refractivity contribution in [2.24, 2.45) is 5.92 Å². The lowest BCUT2D eigenvalue weighted by Crippen LogP contribution is -2.50. The van der Waals surface area contributed by atoms with E-state index in [0.717, 1.165) is 63.0 Å². The molecule has 1 saturated heterocycles. The molecule has 1 amide bonds. The van der Waals surface area contributed by atoms with Crippen LogP contribution in [-0.4, -0.2) is 53.5 Å². The van der Waals surface area contributed by atoms with Gasteiger partial charge in [0.1, 0.15) is 17.5 Å². The predicted molar refractivity (Wildman–Crippen MR) is 93.8 cm³/mol. The zero-order valence-electron chi connectivity index (χ0n) is 14.8. The standard InChI is InChI=1S/C17H29N5O/c1-5-14(6-2)17(23)22-10-8-21(9-11-22)16-12-15(18-7-3)19-13(4)20-16/h12,14H,5-11H2,1-4H3,(H,18,19,20). The van der Waals surface area contributed by atoms with Gasteiger partial charge in [-0.2, -0.15) is 0 Å². The van der Waals surface area contributed by atoms with Crippen LogP contribution in [0.5, 0.6) is 0 Å². The number of hydrogen-bond donors (Lipinski definition) is 1. The molecule has 0 unspecified atom stereocenters. The zero-order chi connectivity index (χ0) is 16.8. The number of hydrogen-bond acceptors (Lipinski definition) is 5. The van der Waals surface area contributed by atoms with E-state index in [9.17, 15) is 4.79 Å². The quantitative estimate of drug-likeness (QED) is 0.872. The van der Waals surface area contributed by atoms with Gasteiger partial charge in [-0.3, -0.25) is 4.79 Å². The smallest absolute Gasteiger partial charge is 0.225 e. The number of carbonyl (C=O) groups excluding carboxylic acids is 1. The highest BCUT2D eigenvalue weighted by molar-refractivity contribution is 5.79. The fraction of sp³-hybridized carbons (Fsp3) is 0.706. The summed E-state index contributed by atoms with van der Waals surface area (Å²) in [6, 6.07) is 1.99. The van der Waals surface area contributed by atoms with Crippen molar-refractivity contribution in [1.29, 1.82) is 0 Å². The summed E-state index contributed by atoms with van der Waals surface area (Å²) in [6.45, 7) is 12.2. The highest BCUT2D eigenvalue weighted by Crippen LogP contribution is 2.19. The van der Waals surface area contributed by atoms with Gasteiger partial charge in [-0.15, -0.1) is 0 Å². The largest absolute Gasteiger partial charge is 0.370 e. The van der Waals surface area contributed by atoms with Crippen molar-refractivity contribution in [3.63, 3.8) is 0 Å². The van der Waals surface area contributed by atoms with Gasteiger partial charge in [0, 0.05) is 44.7 Å². The number of carbonyl (C=O) groups is 1. The minimum atomic E-state index is 0.170. The first-order chi connectivity index (χ1) is 11.1. The van der Waals surface area contributed by atoms with Gasteiger partial charge in [-0.05, 0) is 26.7 Å². The highest BCUT2D eigenvalue weighted by atomic mass is 16.2. The molecular formula is C17H29N5O. The molecule has 1 N–H and O–H groups in total. The molecule has 1 aromatic heterocycles. The van der Waals surface area contributed by atoms with Crippen molar-refractivity contribution in [2.45, 2.75) is 40.5 Å². The lowest BCUT2D eigenvalue weighted by atomic mass is 10.0. The molecule has 128 valence electrons. The SMILES string of the molecule is CCNc1cc(N2CCN(C(=O)C(CC)CC)CC2)nc(C)n1. The predicted octanol–water partition coefficient (Wildman–Crippen LogP) is 2.30. The Balaban J connectivity index is 2.00. The molecule has 1 aliphatic rings. The second-order valence-corrected chi connectivity index (χ2v) is 6.01. The third-order valence-corrected chi connectivity index (χ3v) is 4.43. The molecular weight excluding hydrogens is 290 g/mol. The van der Waals surface area contributed by atoms with Gasteiger partial charge in [0.2, 0.25) is 5.91 Å². The summed E-state index contributed by atoms with van der Waals surface area (Å²) in [5.74, 6) is 3.06. The Morgan fingerprint density at radius 3 is 2.39 bits per heavy atom. The third-order valence-electron chi connectivity index (χ3n) is 4.43. The second kappa shape index (κ2) is 8.13. The number of anilines is 2. The monoisotopic (exact) mass is 319 g/mol. The molecule has 23 heavy (non-hydrogen) atoms. The number of amides is 1. The molecule has 1 aromatic rings. The molecule has 0 radical (unpaired) electrons. The first-order valence-corrected chi connectivity index (χ1v) is 8.72. The van der Waals surface area contributed by atoms with Crippen molar-refractivity contribution < 1.29 is 4.79 Å². The van der Waals surface area contributed by atoms with Crippen LogP contribution in [0.1, 0.15) is 39.4 Å². The summed E-state index contributed by atoms with van der Waals surface area (Å²) in [7, 11) is 0. The van der Waals surface area contributed by atoms with Crippen molar-refractivity contribution >= 4 is 17.5 Å². The third kappa shape index (κ3) is 4.33. The summed E-state index contributed by atoms with van der Waals surface area (Å²) >= 11 is 0. The number of nitrogens with zero attached hydrogens (tertiary/aromatic N) is 4. The Kier molecular flexibility index (Phi) is 6.19. The van der Waals surface area contributed by atoms with Crippen LogP contribution in [0.2, 0.25) is 0 Å². The van der Waals surface area contributed by atoms with Crippen LogP contribution >= 0.6 is 0 Å². The molecule has 0 aromatic carbocycles. The number of rotatable bonds is 6. The van der Waals surface area contributed by atoms with Crippen LogP contribution in [0.3, 0.4) is 0 Å². The van der Waals surface area contributed by atoms with Crippen molar-refractivity contribution in [2.75, 3.05) is 42.9 Å². The summed E-state index contributed by atoms with van der Waals surface area (Å²) in [4.78, 5) is 25.7. The van der Waals surface area contributed by atoms with Crippen LogP contribution in [0.25, 0.3) is 0 Å². The first-order valence-electron chi connectivity index (χ1n) is 8.72. The molecule has 0 saturated carbocycles. The van der Waals surface area contributed by atoms with Crippen LogP contribution in [0.15, 0.2) is 6.07 Å². The number of nitrogens with one attached hydrogen (secondary N) is 1. The minimum absolute atomic E-state index is 0.170. The average molecular weight is 319 g/mol. The van der Waals surface area contributed by atoms with E-state index in [0.29, 0.717) is 5.91 Å². The van der Waals surface area contributed by atoms with Gasteiger partial charge in [0.25, 0.3) is 0 Å². The maximum atomic E-state index is 12.5. The van der Waals surface area contributed by atoms with Gasteiger partial charge in [0.15, 0.2) is 0 Å². The van der Waals surface area contributed by atoms with Gasteiger partial charge in [-0.1, -0.05) is 13.8 Å². The molecule has 2 rings (SSSR count). The van der Waals surface area contributed by atoms with E-state index in [2.05, 4.69) is 41.0 Å². The number of aromatic nitrogens is 2.